The lowest BCUT2D eigenvalue weighted by atomic mass is 9.94. The minimum absolute atomic E-state index is 0.127. The molecule has 1 aromatic carbocycles. The van der Waals surface area contributed by atoms with Crippen LogP contribution in [-0.4, -0.2) is 22.0 Å². The molecule has 28 heavy (non-hydrogen) atoms. The molecule has 0 saturated carbocycles. The highest BCUT2D eigenvalue weighted by atomic mass is 16.4. The summed E-state index contributed by atoms with van der Waals surface area (Å²) in [6.45, 7) is 10.1. The normalized spacial score (nSPS) is 13.2. The standard InChI is InChI=1S/C23H30N2O3/c1-14(2)9-17(5)23(28)25-20(11-21(26)27)18-10-19(13-24-12-18)22-15(3)7-6-8-16(22)4/h6-8,10,12-14,17,20H,9,11H2,1-5H3,(H,25,28)(H,26,27)/t17-,20-/m0/s1. The van der Waals surface area contributed by atoms with Crippen molar-refractivity contribution in [3.63, 3.8) is 0 Å². The molecule has 0 aliphatic carbocycles. The Morgan fingerprint density at radius 1 is 1.11 bits per heavy atom. The van der Waals surface area contributed by atoms with Crippen molar-refractivity contribution < 1.29 is 14.7 Å². The van der Waals surface area contributed by atoms with E-state index >= 15 is 0 Å². The highest BCUT2D eigenvalue weighted by Crippen LogP contribution is 2.29. The van der Waals surface area contributed by atoms with Crippen LogP contribution in [0, 0.1) is 25.7 Å². The Labute approximate surface area is 167 Å². The summed E-state index contributed by atoms with van der Waals surface area (Å²) in [4.78, 5) is 28.3. The van der Waals surface area contributed by atoms with Crippen LogP contribution >= 0.6 is 0 Å². The molecule has 0 saturated heterocycles. The van der Waals surface area contributed by atoms with E-state index in [0.717, 1.165) is 28.7 Å². The second kappa shape index (κ2) is 9.49. The fourth-order valence-corrected chi connectivity index (χ4v) is 3.61. The molecule has 0 fully saturated rings. The van der Waals surface area contributed by atoms with Gasteiger partial charge >= 0.3 is 5.97 Å². The van der Waals surface area contributed by atoms with Crippen LogP contribution in [0.3, 0.4) is 0 Å². The van der Waals surface area contributed by atoms with Gasteiger partial charge in [-0.25, -0.2) is 0 Å². The van der Waals surface area contributed by atoms with Crippen LogP contribution in [0.4, 0.5) is 0 Å². The van der Waals surface area contributed by atoms with Gasteiger partial charge in [-0.15, -0.1) is 0 Å². The third-order valence-electron chi connectivity index (χ3n) is 4.90. The van der Waals surface area contributed by atoms with Gasteiger partial charge in [0.25, 0.3) is 0 Å². The lowest BCUT2D eigenvalue weighted by molar-refractivity contribution is -0.138. The number of amides is 1. The zero-order valence-electron chi connectivity index (χ0n) is 17.3. The summed E-state index contributed by atoms with van der Waals surface area (Å²) in [5, 5.41) is 12.3. The Morgan fingerprint density at radius 3 is 2.32 bits per heavy atom. The van der Waals surface area contributed by atoms with Gasteiger partial charge in [0.05, 0.1) is 12.5 Å². The number of pyridine rings is 1. The summed E-state index contributed by atoms with van der Waals surface area (Å²) >= 11 is 0. The SMILES string of the molecule is Cc1cccc(C)c1-c1cncc([C@H](CC(=O)O)NC(=O)[C@@H](C)CC(C)C)c1. The Morgan fingerprint density at radius 2 is 1.75 bits per heavy atom. The molecule has 2 atom stereocenters. The number of aromatic nitrogens is 1. The van der Waals surface area contributed by atoms with E-state index in [4.69, 9.17) is 0 Å². The van der Waals surface area contributed by atoms with Crippen molar-refractivity contribution in [1.29, 1.82) is 0 Å². The number of hydrogen-bond donors (Lipinski definition) is 2. The lowest BCUT2D eigenvalue weighted by Crippen LogP contribution is -2.34. The summed E-state index contributed by atoms with van der Waals surface area (Å²) in [6.07, 6.45) is 3.99. The van der Waals surface area contributed by atoms with Crippen molar-refractivity contribution >= 4 is 11.9 Å². The van der Waals surface area contributed by atoms with Gasteiger partial charge in [0.2, 0.25) is 5.91 Å². The Kier molecular flexibility index (Phi) is 7.32. The van der Waals surface area contributed by atoms with E-state index in [1.165, 1.54) is 0 Å². The Bertz CT molecular complexity index is 825. The van der Waals surface area contributed by atoms with Crippen LogP contribution in [0.25, 0.3) is 11.1 Å². The van der Waals surface area contributed by atoms with E-state index in [0.29, 0.717) is 11.5 Å². The van der Waals surface area contributed by atoms with Crippen LogP contribution in [0.2, 0.25) is 0 Å². The molecule has 150 valence electrons. The molecule has 0 unspecified atom stereocenters. The van der Waals surface area contributed by atoms with Crippen LogP contribution in [0.5, 0.6) is 0 Å². The minimum Gasteiger partial charge on any atom is -0.481 e. The topological polar surface area (TPSA) is 79.3 Å². The first-order valence-corrected chi connectivity index (χ1v) is 9.72. The number of nitrogens with one attached hydrogen (secondary N) is 1. The number of nitrogens with zero attached hydrogens (tertiary/aromatic N) is 1. The molecule has 0 radical (unpaired) electrons. The molecule has 2 aromatic rings. The molecular formula is C23H30N2O3. The molecule has 0 spiro atoms. The average Bonchev–Trinajstić information content (AvgIpc) is 2.60. The summed E-state index contributed by atoms with van der Waals surface area (Å²) in [7, 11) is 0. The number of benzene rings is 1. The second-order valence-electron chi connectivity index (χ2n) is 7.96. The van der Waals surface area contributed by atoms with Gasteiger partial charge < -0.3 is 10.4 Å². The fraction of sp³-hybridized carbons (Fsp3) is 0.435. The van der Waals surface area contributed by atoms with Crippen molar-refractivity contribution in [3.05, 3.63) is 53.3 Å². The third-order valence-corrected chi connectivity index (χ3v) is 4.90. The summed E-state index contributed by atoms with van der Waals surface area (Å²) in [6, 6.07) is 7.41. The number of carboxylic acid groups (broad SMARTS) is 1. The van der Waals surface area contributed by atoms with E-state index in [2.05, 4.69) is 24.1 Å². The van der Waals surface area contributed by atoms with Crippen LogP contribution in [0.1, 0.15) is 56.3 Å². The molecule has 1 aromatic heterocycles. The van der Waals surface area contributed by atoms with E-state index < -0.39 is 12.0 Å². The number of hydrogen-bond acceptors (Lipinski definition) is 3. The first kappa shape index (κ1) is 21.6. The van der Waals surface area contributed by atoms with Gasteiger partial charge in [0, 0.05) is 23.9 Å². The highest BCUT2D eigenvalue weighted by Gasteiger charge is 2.23. The molecule has 0 bridgehead atoms. The van der Waals surface area contributed by atoms with Crippen LogP contribution in [0.15, 0.2) is 36.7 Å². The maximum absolute atomic E-state index is 12.6. The molecule has 5 heteroatoms. The van der Waals surface area contributed by atoms with Crippen molar-refractivity contribution in [2.24, 2.45) is 11.8 Å². The molecular weight excluding hydrogens is 352 g/mol. The number of aliphatic carboxylic acids is 1. The maximum Gasteiger partial charge on any atom is 0.305 e. The molecule has 0 aliphatic heterocycles. The van der Waals surface area contributed by atoms with E-state index in [1.807, 2.05) is 45.0 Å². The number of carbonyl (C=O) groups excluding carboxylic acids is 1. The van der Waals surface area contributed by atoms with Crippen molar-refractivity contribution in [3.8, 4) is 11.1 Å². The fourth-order valence-electron chi connectivity index (χ4n) is 3.61. The van der Waals surface area contributed by atoms with E-state index in [9.17, 15) is 14.7 Å². The molecule has 2 N–H and O–H groups in total. The largest absolute Gasteiger partial charge is 0.481 e. The Hall–Kier alpha value is -2.69. The first-order chi connectivity index (χ1) is 13.2. The van der Waals surface area contributed by atoms with Gasteiger partial charge in [0.1, 0.15) is 0 Å². The second-order valence-corrected chi connectivity index (χ2v) is 7.96. The number of rotatable bonds is 8. The average molecular weight is 383 g/mol. The minimum atomic E-state index is -0.959. The van der Waals surface area contributed by atoms with Crippen LogP contribution < -0.4 is 5.32 Å². The molecule has 1 amide bonds. The molecule has 1 heterocycles. The lowest BCUT2D eigenvalue weighted by Gasteiger charge is -2.21. The van der Waals surface area contributed by atoms with E-state index in [-0.39, 0.29) is 18.2 Å². The summed E-state index contributed by atoms with van der Waals surface area (Å²) in [5.41, 5.74) is 4.97. The van der Waals surface area contributed by atoms with E-state index in [1.54, 1.807) is 12.4 Å². The zero-order chi connectivity index (χ0) is 20.8. The van der Waals surface area contributed by atoms with Crippen molar-refractivity contribution in [2.45, 2.75) is 53.5 Å². The summed E-state index contributed by atoms with van der Waals surface area (Å²) < 4.78 is 0. The van der Waals surface area contributed by atoms with Gasteiger partial charge in [-0.3, -0.25) is 14.6 Å². The van der Waals surface area contributed by atoms with Gasteiger partial charge in [0.15, 0.2) is 0 Å². The maximum atomic E-state index is 12.6. The first-order valence-electron chi connectivity index (χ1n) is 9.72. The summed E-state index contributed by atoms with van der Waals surface area (Å²) in [5.74, 6) is -0.865. The third kappa shape index (κ3) is 5.65. The monoisotopic (exact) mass is 382 g/mol. The number of carboxylic acids is 1. The van der Waals surface area contributed by atoms with Gasteiger partial charge in [-0.1, -0.05) is 39.0 Å². The predicted molar refractivity (Wildman–Crippen MR) is 111 cm³/mol. The smallest absolute Gasteiger partial charge is 0.305 e. The van der Waals surface area contributed by atoms with Gasteiger partial charge in [-0.2, -0.15) is 0 Å². The predicted octanol–water partition coefficient (Wildman–Crippen LogP) is 4.68. The van der Waals surface area contributed by atoms with Crippen LogP contribution in [-0.2, 0) is 9.59 Å². The van der Waals surface area contributed by atoms with Crippen molar-refractivity contribution in [1.82, 2.24) is 10.3 Å². The zero-order valence-corrected chi connectivity index (χ0v) is 17.3. The Balaban J connectivity index is 2.34. The van der Waals surface area contributed by atoms with Gasteiger partial charge in [-0.05, 0) is 54.5 Å². The molecule has 5 nitrogen and oxygen atoms in total. The molecule has 0 aliphatic rings. The number of carbonyl (C=O) groups is 2. The molecule has 2 rings (SSSR count). The highest BCUT2D eigenvalue weighted by molar-refractivity contribution is 5.80. The van der Waals surface area contributed by atoms with Crippen molar-refractivity contribution in [2.75, 3.05) is 0 Å². The number of aryl methyl sites for hydroxylation is 2. The quantitative estimate of drug-likeness (QED) is 0.695.